The number of likely N-dealkylation sites (tertiary alicyclic amines) is 1. The lowest BCUT2D eigenvalue weighted by Crippen LogP contribution is -2.50. The molecule has 5 heteroatoms. The van der Waals surface area contributed by atoms with Gasteiger partial charge < -0.3 is 15.7 Å². The molecule has 0 aliphatic carbocycles. The van der Waals surface area contributed by atoms with Crippen LogP contribution in [-0.2, 0) is 4.79 Å². The smallest absolute Gasteiger partial charge is 0.325 e. The van der Waals surface area contributed by atoms with Crippen molar-refractivity contribution in [2.24, 2.45) is 5.73 Å². The summed E-state index contributed by atoms with van der Waals surface area (Å²) < 4.78 is 0. The third-order valence-electron chi connectivity index (χ3n) is 3.03. The minimum atomic E-state index is -1.30. The summed E-state index contributed by atoms with van der Waals surface area (Å²) in [5.74, 6) is -1.22. The van der Waals surface area contributed by atoms with Gasteiger partial charge in [0.15, 0.2) is 0 Å². The van der Waals surface area contributed by atoms with Crippen molar-refractivity contribution in [1.29, 1.82) is 0 Å². The molecule has 17 heavy (non-hydrogen) atoms. The number of carboxylic acid groups (broad SMARTS) is 1. The monoisotopic (exact) mass is 234 g/mol. The van der Waals surface area contributed by atoms with Gasteiger partial charge in [0.05, 0.1) is 0 Å². The molecule has 5 nitrogen and oxygen atoms in total. The molecule has 1 atom stereocenters. The number of nitrogens with zero attached hydrogens (tertiary/aromatic N) is 1. The molecule has 1 aromatic carbocycles. The molecule has 1 aliphatic heterocycles. The molecule has 0 spiro atoms. The largest absolute Gasteiger partial charge is 0.480 e. The van der Waals surface area contributed by atoms with Crippen LogP contribution in [0.5, 0.6) is 0 Å². The lowest BCUT2D eigenvalue weighted by atomic mass is 10.0. The van der Waals surface area contributed by atoms with Gasteiger partial charge in [-0.1, -0.05) is 18.2 Å². The molecule has 2 rings (SSSR count). The molecule has 1 unspecified atom stereocenters. The van der Waals surface area contributed by atoms with Crippen molar-refractivity contribution in [3.05, 3.63) is 35.9 Å². The first-order valence-electron chi connectivity index (χ1n) is 5.39. The highest BCUT2D eigenvalue weighted by Gasteiger charge is 2.42. The van der Waals surface area contributed by atoms with Crippen molar-refractivity contribution in [2.45, 2.75) is 12.0 Å². The summed E-state index contributed by atoms with van der Waals surface area (Å²) in [6, 6.07) is 8.79. The zero-order valence-electron chi connectivity index (χ0n) is 9.30. The van der Waals surface area contributed by atoms with Gasteiger partial charge in [0.2, 0.25) is 0 Å². The fourth-order valence-corrected chi connectivity index (χ4v) is 1.94. The number of hydrogen-bond acceptors (Lipinski definition) is 3. The minimum Gasteiger partial charge on any atom is -0.480 e. The summed E-state index contributed by atoms with van der Waals surface area (Å²) in [6.07, 6.45) is 0.293. The third kappa shape index (κ3) is 2.14. The van der Waals surface area contributed by atoms with Crippen molar-refractivity contribution in [1.82, 2.24) is 4.90 Å². The SMILES string of the molecule is NC1(C(=O)O)CCN(C(=O)c2ccccc2)C1. The van der Waals surface area contributed by atoms with E-state index in [2.05, 4.69) is 0 Å². The highest BCUT2D eigenvalue weighted by atomic mass is 16.4. The van der Waals surface area contributed by atoms with Crippen molar-refractivity contribution in [2.75, 3.05) is 13.1 Å². The summed E-state index contributed by atoms with van der Waals surface area (Å²) in [5, 5.41) is 8.98. The van der Waals surface area contributed by atoms with Crippen LogP contribution in [-0.4, -0.2) is 40.5 Å². The van der Waals surface area contributed by atoms with Gasteiger partial charge in [-0.05, 0) is 18.6 Å². The number of hydrogen-bond donors (Lipinski definition) is 2. The number of carboxylic acids is 1. The molecule has 0 bridgehead atoms. The first-order valence-corrected chi connectivity index (χ1v) is 5.39. The van der Waals surface area contributed by atoms with E-state index < -0.39 is 11.5 Å². The number of carbonyl (C=O) groups excluding carboxylic acids is 1. The second kappa shape index (κ2) is 4.18. The Labute approximate surface area is 98.8 Å². The number of rotatable bonds is 2. The van der Waals surface area contributed by atoms with Crippen molar-refractivity contribution >= 4 is 11.9 Å². The number of carbonyl (C=O) groups is 2. The lowest BCUT2D eigenvalue weighted by Gasteiger charge is -2.20. The van der Waals surface area contributed by atoms with E-state index in [0.29, 0.717) is 18.5 Å². The van der Waals surface area contributed by atoms with Gasteiger partial charge in [0.25, 0.3) is 5.91 Å². The maximum Gasteiger partial charge on any atom is 0.325 e. The van der Waals surface area contributed by atoms with E-state index in [1.165, 1.54) is 4.90 Å². The fourth-order valence-electron chi connectivity index (χ4n) is 1.94. The molecule has 1 fully saturated rings. The van der Waals surface area contributed by atoms with Gasteiger partial charge in [-0.2, -0.15) is 0 Å². The van der Waals surface area contributed by atoms with E-state index in [4.69, 9.17) is 10.8 Å². The summed E-state index contributed by atoms with van der Waals surface area (Å²) in [7, 11) is 0. The zero-order valence-corrected chi connectivity index (χ0v) is 9.30. The Morgan fingerprint density at radius 3 is 2.47 bits per heavy atom. The van der Waals surface area contributed by atoms with Gasteiger partial charge in [0, 0.05) is 18.7 Å². The average Bonchev–Trinajstić information content (AvgIpc) is 2.74. The molecule has 0 saturated carbocycles. The fraction of sp³-hybridized carbons (Fsp3) is 0.333. The van der Waals surface area contributed by atoms with Crippen molar-refractivity contribution < 1.29 is 14.7 Å². The third-order valence-corrected chi connectivity index (χ3v) is 3.03. The van der Waals surface area contributed by atoms with Crippen LogP contribution in [0.3, 0.4) is 0 Å². The van der Waals surface area contributed by atoms with Gasteiger partial charge in [-0.25, -0.2) is 0 Å². The Balaban J connectivity index is 2.12. The Kier molecular flexibility index (Phi) is 2.85. The average molecular weight is 234 g/mol. The predicted octanol–water partition coefficient (Wildman–Crippen LogP) is 0.315. The molecule has 1 amide bonds. The molecule has 0 aromatic heterocycles. The van der Waals surface area contributed by atoms with E-state index in [9.17, 15) is 9.59 Å². The van der Waals surface area contributed by atoms with Crippen LogP contribution in [0.4, 0.5) is 0 Å². The normalized spacial score (nSPS) is 23.7. The van der Waals surface area contributed by atoms with Crippen LogP contribution in [0.25, 0.3) is 0 Å². The van der Waals surface area contributed by atoms with E-state index in [-0.39, 0.29) is 12.5 Å². The predicted molar refractivity (Wildman–Crippen MR) is 61.5 cm³/mol. The number of aliphatic carboxylic acids is 1. The quantitative estimate of drug-likeness (QED) is 0.771. The molecular formula is C12H14N2O3. The molecule has 1 heterocycles. The second-order valence-electron chi connectivity index (χ2n) is 4.30. The first kappa shape index (κ1) is 11.6. The molecule has 90 valence electrons. The van der Waals surface area contributed by atoms with E-state index >= 15 is 0 Å². The molecule has 0 radical (unpaired) electrons. The van der Waals surface area contributed by atoms with E-state index in [1.807, 2.05) is 6.07 Å². The van der Waals surface area contributed by atoms with Gasteiger partial charge in [0.1, 0.15) is 5.54 Å². The minimum absolute atomic E-state index is 0.0655. The van der Waals surface area contributed by atoms with Gasteiger partial charge >= 0.3 is 5.97 Å². The van der Waals surface area contributed by atoms with Crippen LogP contribution < -0.4 is 5.73 Å². The van der Waals surface area contributed by atoms with Gasteiger partial charge in [-0.3, -0.25) is 9.59 Å². The van der Waals surface area contributed by atoms with Crippen LogP contribution in [0.1, 0.15) is 16.8 Å². The maximum atomic E-state index is 12.0. The highest BCUT2D eigenvalue weighted by molar-refractivity contribution is 5.95. The second-order valence-corrected chi connectivity index (χ2v) is 4.30. The molecule has 1 aliphatic rings. The highest BCUT2D eigenvalue weighted by Crippen LogP contribution is 2.20. The summed E-state index contributed by atoms with van der Waals surface area (Å²) in [5.41, 5.74) is 4.97. The van der Waals surface area contributed by atoms with Crippen molar-refractivity contribution in [3.63, 3.8) is 0 Å². The molecule has 3 N–H and O–H groups in total. The van der Waals surface area contributed by atoms with Crippen molar-refractivity contribution in [3.8, 4) is 0 Å². The van der Waals surface area contributed by atoms with E-state index in [1.54, 1.807) is 24.3 Å². The van der Waals surface area contributed by atoms with Gasteiger partial charge in [-0.15, -0.1) is 0 Å². The summed E-state index contributed by atoms with van der Waals surface area (Å²) >= 11 is 0. The van der Waals surface area contributed by atoms with Crippen LogP contribution in [0.2, 0.25) is 0 Å². The van der Waals surface area contributed by atoms with Crippen LogP contribution in [0, 0.1) is 0 Å². The van der Waals surface area contributed by atoms with E-state index in [0.717, 1.165) is 0 Å². The molecular weight excluding hydrogens is 220 g/mol. The standard InChI is InChI=1S/C12H14N2O3/c13-12(11(16)17)6-7-14(8-12)10(15)9-4-2-1-3-5-9/h1-5H,6-8,13H2,(H,16,17). The lowest BCUT2D eigenvalue weighted by molar-refractivity contribution is -0.142. The maximum absolute atomic E-state index is 12.0. The Morgan fingerprint density at radius 1 is 1.29 bits per heavy atom. The first-order chi connectivity index (χ1) is 8.03. The number of amides is 1. The summed E-state index contributed by atoms with van der Waals surface area (Å²) in [6.45, 7) is 0.451. The number of nitrogens with two attached hydrogens (primary N) is 1. The van der Waals surface area contributed by atoms with Crippen LogP contribution in [0.15, 0.2) is 30.3 Å². The Morgan fingerprint density at radius 2 is 1.94 bits per heavy atom. The molecule has 1 saturated heterocycles. The zero-order chi connectivity index (χ0) is 12.5. The summed E-state index contributed by atoms with van der Waals surface area (Å²) in [4.78, 5) is 24.5. The number of benzene rings is 1. The Bertz CT molecular complexity index is 446. The van der Waals surface area contributed by atoms with Crippen LogP contribution >= 0.6 is 0 Å². The molecule has 1 aromatic rings. The topological polar surface area (TPSA) is 83.6 Å². The Hall–Kier alpha value is -1.88.